The number of fused-ring (bicyclic) bond motifs is 2. The summed E-state index contributed by atoms with van der Waals surface area (Å²) < 4.78 is 0. The highest BCUT2D eigenvalue weighted by Crippen LogP contribution is 2.34. The van der Waals surface area contributed by atoms with Crippen LogP contribution in [0.5, 0.6) is 0 Å². The summed E-state index contributed by atoms with van der Waals surface area (Å²) in [5, 5.41) is 9.81. The molecular formula is C17H12ClN. The van der Waals surface area contributed by atoms with E-state index in [1.54, 1.807) is 6.08 Å². The Balaban J connectivity index is 2.28. The van der Waals surface area contributed by atoms with E-state index < -0.39 is 0 Å². The second-order valence-corrected chi connectivity index (χ2v) is 5.08. The van der Waals surface area contributed by atoms with Gasteiger partial charge in [-0.3, -0.25) is 0 Å². The van der Waals surface area contributed by atoms with Gasteiger partial charge in [0.25, 0.3) is 0 Å². The number of benzene rings is 2. The van der Waals surface area contributed by atoms with Gasteiger partial charge in [0.2, 0.25) is 0 Å². The van der Waals surface area contributed by atoms with Crippen molar-refractivity contribution in [2.45, 2.75) is 12.8 Å². The molecule has 0 unspecified atom stereocenters. The summed E-state index contributed by atoms with van der Waals surface area (Å²) in [6, 6.07) is 16.4. The maximum atomic E-state index is 9.06. The summed E-state index contributed by atoms with van der Waals surface area (Å²) in [5.41, 5.74) is 5.78. The molecule has 2 aromatic rings. The minimum absolute atomic E-state index is 0.751. The number of hydrogen-bond acceptors (Lipinski definition) is 1. The summed E-state index contributed by atoms with van der Waals surface area (Å²) in [6.07, 6.45) is 3.57. The molecular weight excluding hydrogens is 254 g/mol. The smallest absolute Gasteiger partial charge is 0.0918 e. The van der Waals surface area contributed by atoms with Crippen LogP contribution in [0.2, 0.25) is 5.02 Å². The van der Waals surface area contributed by atoms with Crippen LogP contribution in [0.15, 0.2) is 48.5 Å². The lowest BCUT2D eigenvalue weighted by molar-refractivity contribution is 0.965. The largest absolute Gasteiger partial charge is 0.193 e. The molecule has 0 heterocycles. The van der Waals surface area contributed by atoms with Gasteiger partial charge in [-0.15, -0.1) is 0 Å². The zero-order valence-electron chi connectivity index (χ0n) is 10.4. The van der Waals surface area contributed by atoms with Crippen molar-refractivity contribution in [3.05, 3.63) is 75.8 Å². The highest BCUT2D eigenvalue weighted by atomic mass is 35.5. The molecule has 3 rings (SSSR count). The number of halogens is 1. The van der Waals surface area contributed by atoms with E-state index in [9.17, 15) is 0 Å². The summed E-state index contributed by atoms with van der Waals surface area (Å²) in [4.78, 5) is 0. The van der Waals surface area contributed by atoms with Crippen LogP contribution in [-0.2, 0) is 12.8 Å². The van der Waals surface area contributed by atoms with Crippen molar-refractivity contribution in [1.82, 2.24) is 0 Å². The first-order valence-electron chi connectivity index (χ1n) is 6.26. The van der Waals surface area contributed by atoms with E-state index in [-0.39, 0.29) is 0 Å². The van der Waals surface area contributed by atoms with Crippen LogP contribution in [0.4, 0.5) is 0 Å². The number of nitriles is 1. The van der Waals surface area contributed by atoms with Crippen LogP contribution in [0, 0.1) is 11.3 Å². The van der Waals surface area contributed by atoms with Gasteiger partial charge in [-0.1, -0.05) is 41.9 Å². The fraction of sp³-hybridized carbons (Fsp3) is 0.118. The first-order chi connectivity index (χ1) is 9.29. The van der Waals surface area contributed by atoms with Gasteiger partial charge in [-0.2, -0.15) is 5.26 Å². The molecule has 0 saturated carbocycles. The Morgan fingerprint density at radius 1 is 1.00 bits per heavy atom. The van der Waals surface area contributed by atoms with E-state index in [4.69, 9.17) is 16.9 Å². The van der Waals surface area contributed by atoms with Crippen molar-refractivity contribution >= 4 is 17.2 Å². The van der Waals surface area contributed by atoms with Gasteiger partial charge in [0.1, 0.15) is 0 Å². The molecule has 0 bridgehead atoms. The predicted octanol–water partition coefficient (Wildman–Crippen LogP) is 4.39. The first kappa shape index (κ1) is 12.0. The van der Waals surface area contributed by atoms with E-state index in [0.29, 0.717) is 0 Å². The van der Waals surface area contributed by atoms with Crippen LogP contribution in [0.1, 0.15) is 22.3 Å². The molecule has 0 fully saturated rings. The SMILES string of the molecule is N#C/C=C1/c2ccccc2CCc2cc(Cl)ccc21. The van der Waals surface area contributed by atoms with Gasteiger partial charge >= 0.3 is 0 Å². The van der Waals surface area contributed by atoms with Crippen LogP contribution in [0.25, 0.3) is 5.57 Å². The van der Waals surface area contributed by atoms with E-state index >= 15 is 0 Å². The van der Waals surface area contributed by atoms with Gasteiger partial charge in [0.15, 0.2) is 0 Å². The number of allylic oxidation sites excluding steroid dienone is 1. The minimum atomic E-state index is 0.751. The highest BCUT2D eigenvalue weighted by Gasteiger charge is 2.17. The van der Waals surface area contributed by atoms with Crippen LogP contribution in [-0.4, -0.2) is 0 Å². The Bertz CT molecular complexity index is 707. The van der Waals surface area contributed by atoms with Crippen molar-refractivity contribution in [2.24, 2.45) is 0 Å². The number of hydrogen-bond donors (Lipinski definition) is 0. The molecule has 19 heavy (non-hydrogen) atoms. The standard InChI is InChI=1S/C17H12ClN/c18-14-7-8-16-13(11-14)6-5-12-3-1-2-4-15(12)17(16)9-10-19/h1-4,7-9,11H,5-6H2/b17-9-. The summed E-state index contributed by atoms with van der Waals surface area (Å²) in [6.45, 7) is 0. The molecule has 0 atom stereocenters. The van der Waals surface area contributed by atoms with Crippen LogP contribution >= 0.6 is 11.6 Å². The lowest BCUT2D eigenvalue weighted by Gasteiger charge is -2.10. The maximum absolute atomic E-state index is 9.06. The average Bonchev–Trinajstić information content (AvgIpc) is 2.57. The number of nitrogens with zero attached hydrogens (tertiary/aromatic N) is 1. The van der Waals surface area contributed by atoms with Crippen molar-refractivity contribution < 1.29 is 0 Å². The summed E-state index contributed by atoms with van der Waals surface area (Å²) in [5.74, 6) is 0. The number of aryl methyl sites for hydroxylation is 2. The predicted molar refractivity (Wildman–Crippen MR) is 78.0 cm³/mol. The normalized spacial score (nSPS) is 15.3. The van der Waals surface area contributed by atoms with Crippen molar-refractivity contribution in [3.8, 4) is 6.07 Å². The molecule has 0 aliphatic heterocycles. The van der Waals surface area contributed by atoms with E-state index in [0.717, 1.165) is 34.6 Å². The Kier molecular flexibility index (Phi) is 3.11. The molecule has 0 amide bonds. The molecule has 2 aromatic carbocycles. The Labute approximate surface area is 117 Å². The monoisotopic (exact) mass is 265 g/mol. The second kappa shape index (κ2) is 4.91. The molecule has 0 N–H and O–H groups in total. The quantitative estimate of drug-likeness (QED) is 0.648. The summed E-state index contributed by atoms with van der Waals surface area (Å²) in [7, 11) is 0. The van der Waals surface area contributed by atoms with Gasteiger partial charge in [-0.25, -0.2) is 0 Å². The molecule has 0 radical (unpaired) electrons. The molecule has 2 heteroatoms. The average molecular weight is 266 g/mol. The second-order valence-electron chi connectivity index (χ2n) is 4.65. The Morgan fingerprint density at radius 2 is 1.74 bits per heavy atom. The zero-order valence-corrected chi connectivity index (χ0v) is 11.1. The molecule has 0 aromatic heterocycles. The van der Waals surface area contributed by atoms with Gasteiger partial charge in [-0.05, 0) is 52.8 Å². The molecule has 1 aliphatic carbocycles. The fourth-order valence-corrected chi connectivity index (χ4v) is 2.86. The third kappa shape index (κ3) is 2.16. The van der Waals surface area contributed by atoms with Gasteiger partial charge in [0.05, 0.1) is 6.07 Å². The summed E-state index contributed by atoms with van der Waals surface area (Å²) >= 11 is 6.08. The van der Waals surface area contributed by atoms with E-state index in [2.05, 4.69) is 18.2 Å². The Hall–Kier alpha value is -2.04. The molecule has 1 nitrogen and oxygen atoms in total. The molecule has 0 saturated heterocycles. The van der Waals surface area contributed by atoms with Crippen molar-refractivity contribution in [2.75, 3.05) is 0 Å². The van der Waals surface area contributed by atoms with Crippen LogP contribution < -0.4 is 0 Å². The molecule has 1 aliphatic rings. The maximum Gasteiger partial charge on any atom is 0.0918 e. The topological polar surface area (TPSA) is 23.8 Å². The lowest BCUT2D eigenvalue weighted by atomic mass is 9.94. The van der Waals surface area contributed by atoms with Crippen molar-refractivity contribution in [3.63, 3.8) is 0 Å². The Morgan fingerprint density at radius 3 is 2.58 bits per heavy atom. The van der Waals surface area contributed by atoms with Gasteiger partial charge < -0.3 is 0 Å². The third-order valence-electron chi connectivity index (χ3n) is 3.54. The number of rotatable bonds is 0. The molecule has 0 spiro atoms. The zero-order chi connectivity index (χ0) is 13.2. The minimum Gasteiger partial charge on any atom is -0.193 e. The molecule has 92 valence electrons. The fourth-order valence-electron chi connectivity index (χ4n) is 2.67. The highest BCUT2D eigenvalue weighted by molar-refractivity contribution is 6.30. The first-order valence-corrected chi connectivity index (χ1v) is 6.64. The van der Waals surface area contributed by atoms with E-state index in [1.807, 2.05) is 30.3 Å². The van der Waals surface area contributed by atoms with Crippen LogP contribution in [0.3, 0.4) is 0 Å². The lowest BCUT2D eigenvalue weighted by Crippen LogP contribution is -1.91. The third-order valence-corrected chi connectivity index (χ3v) is 3.77. The van der Waals surface area contributed by atoms with E-state index in [1.165, 1.54) is 11.1 Å². The van der Waals surface area contributed by atoms with Crippen molar-refractivity contribution in [1.29, 1.82) is 5.26 Å². The van der Waals surface area contributed by atoms with Gasteiger partial charge in [0, 0.05) is 11.1 Å².